The van der Waals surface area contributed by atoms with Gasteiger partial charge in [-0.25, -0.2) is 0 Å². The molecule has 0 bridgehead atoms. The van der Waals surface area contributed by atoms with Crippen LogP contribution in [-0.2, 0) is 17.2 Å². The minimum atomic E-state index is -0.0979. The first-order valence-electron chi connectivity index (χ1n) is 5.66. The molecular weight excluding hydrogens is 378 g/mol. The minimum Gasteiger partial charge on any atom is -0.396 e. The lowest BCUT2D eigenvalue weighted by atomic mass is 10.1. The number of amides is 1. The van der Waals surface area contributed by atoms with Crippen molar-refractivity contribution < 1.29 is 4.79 Å². The van der Waals surface area contributed by atoms with Crippen LogP contribution in [0.25, 0.3) is 6.08 Å². The van der Waals surface area contributed by atoms with E-state index in [1.807, 2.05) is 13.0 Å². The molecule has 0 spiro atoms. The molecule has 1 amide bonds. The molecule has 0 radical (unpaired) electrons. The fourth-order valence-corrected chi connectivity index (χ4v) is 3.63. The number of nitrogens with two attached hydrogens (primary N) is 1. The van der Waals surface area contributed by atoms with Gasteiger partial charge >= 0.3 is 0 Å². The quantitative estimate of drug-likeness (QED) is 0.487. The van der Waals surface area contributed by atoms with E-state index in [9.17, 15) is 4.79 Å². The number of hydrogen-bond donors (Lipinski definition) is 1. The zero-order valence-electron chi connectivity index (χ0n) is 10.4. The third-order valence-electron chi connectivity index (χ3n) is 2.76. The molecule has 2 rings (SSSR count). The normalized spacial score (nSPS) is 17.1. The maximum Gasteiger partial charge on any atom is 0.266 e. The number of carbonyl (C=O) groups is 1. The van der Waals surface area contributed by atoms with Crippen LogP contribution in [0.5, 0.6) is 0 Å². The van der Waals surface area contributed by atoms with Gasteiger partial charge in [-0.05, 0) is 35.0 Å². The number of nitrogens with zero attached hydrogens (tertiary/aromatic N) is 2. The molecule has 1 aliphatic heterocycles. The zero-order valence-corrected chi connectivity index (χ0v) is 14.5. The summed E-state index contributed by atoms with van der Waals surface area (Å²) in [4.78, 5) is 14.3. The second kappa shape index (κ2) is 6.30. The van der Waals surface area contributed by atoms with E-state index in [2.05, 4.69) is 20.3 Å². The molecule has 1 fully saturated rings. The average molecular weight is 388 g/mol. The van der Waals surface area contributed by atoms with Gasteiger partial charge in [0.25, 0.3) is 5.91 Å². The van der Waals surface area contributed by atoms with Crippen LogP contribution in [0.2, 0.25) is 0 Å². The fourth-order valence-electron chi connectivity index (χ4n) is 1.73. The number of hydrogen-bond acceptors (Lipinski definition) is 6. The van der Waals surface area contributed by atoms with E-state index in [0.717, 1.165) is 4.47 Å². The van der Waals surface area contributed by atoms with Crippen LogP contribution in [0.4, 0.5) is 11.4 Å². The summed E-state index contributed by atoms with van der Waals surface area (Å²) in [6.07, 6.45) is 1.73. The summed E-state index contributed by atoms with van der Waals surface area (Å²) in [6, 6.07) is 3.61. The molecule has 4 nitrogen and oxygen atoms in total. The number of carbonyl (C=O) groups excluding carboxylic acids is 1. The Morgan fingerprint density at radius 3 is 2.80 bits per heavy atom. The van der Waals surface area contributed by atoms with Crippen molar-refractivity contribution in [1.29, 1.82) is 0 Å². The summed E-state index contributed by atoms with van der Waals surface area (Å²) in [5.41, 5.74) is 7.57. The molecule has 0 aromatic heterocycles. The monoisotopic (exact) mass is 387 g/mol. The highest BCUT2D eigenvalue weighted by Gasteiger charge is 2.30. The van der Waals surface area contributed by atoms with Crippen LogP contribution in [-0.4, -0.2) is 21.7 Å². The van der Waals surface area contributed by atoms with Crippen LogP contribution < -0.4 is 5.73 Å². The summed E-state index contributed by atoms with van der Waals surface area (Å²) < 4.78 is 5.06. The third kappa shape index (κ3) is 2.78. The number of rotatable bonds is 3. The standard InChI is InChI=1S/C12H10BrN3OS3/c1-2-16-11(17)8(20-12(16)18)5-6-3-4-7(13)9(14)10(6)15-19/h3-5H,2,14H2,1H3/b8-5+. The van der Waals surface area contributed by atoms with Crippen LogP contribution in [0.3, 0.4) is 0 Å². The first-order valence-corrected chi connectivity index (χ1v) is 8.04. The summed E-state index contributed by atoms with van der Waals surface area (Å²) in [5, 5.41) is 0. The van der Waals surface area contributed by atoms with Crippen molar-refractivity contribution in [3.63, 3.8) is 0 Å². The Morgan fingerprint density at radius 2 is 2.25 bits per heavy atom. The number of thioether (sulfide) groups is 1. The Kier molecular flexibility index (Phi) is 4.90. The Labute approximate surface area is 140 Å². The van der Waals surface area contributed by atoms with Gasteiger partial charge in [-0.15, -0.1) is 0 Å². The lowest BCUT2D eigenvalue weighted by molar-refractivity contribution is -0.121. The molecule has 1 saturated heterocycles. The second-order valence-corrected chi connectivity index (χ2v) is 6.63. The number of thiocarbonyl (C=S) groups is 1. The van der Waals surface area contributed by atoms with Crippen LogP contribution in [0.15, 0.2) is 25.9 Å². The molecule has 1 heterocycles. The maximum absolute atomic E-state index is 12.2. The number of benzene rings is 1. The topological polar surface area (TPSA) is 58.7 Å². The molecule has 104 valence electrons. The second-order valence-electron chi connectivity index (χ2n) is 3.92. The molecule has 20 heavy (non-hydrogen) atoms. The van der Waals surface area contributed by atoms with Crippen molar-refractivity contribution in [2.24, 2.45) is 4.36 Å². The van der Waals surface area contributed by atoms with E-state index >= 15 is 0 Å². The summed E-state index contributed by atoms with van der Waals surface area (Å²) in [6.45, 7) is 2.44. The lowest BCUT2D eigenvalue weighted by Gasteiger charge is -2.09. The highest BCUT2D eigenvalue weighted by molar-refractivity contribution is 9.10. The van der Waals surface area contributed by atoms with Gasteiger partial charge in [-0.1, -0.05) is 30.0 Å². The molecule has 1 aliphatic rings. The number of halogens is 1. The van der Waals surface area contributed by atoms with Crippen LogP contribution >= 0.6 is 39.9 Å². The van der Waals surface area contributed by atoms with Gasteiger partial charge in [-0.3, -0.25) is 9.69 Å². The van der Waals surface area contributed by atoms with Crippen LogP contribution in [0.1, 0.15) is 12.5 Å². The molecule has 0 atom stereocenters. The minimum absolute atomic E-state index is 0.0979. The van der Waals surface area contributed by atoms with E-state index in [1.165, 1.54) is 11.8 Å². The van der Waals surface area contributed by atoms with Crippen molar-refractivity contribution in [1.82, 2.24) is 4.90 Å². The number of anilines is 1. The summed E-state index contributed by atoms with van der Waals surface area (Å²) in [5.74, 6) is -0.0979. The van der Waals surface area contributed by atoms with Crippen molar-refractivity contribution in [2.45, 2.75) is 6.92 Å². The highest BCUT2D eigenvalue weighted by Crippen LogP contribution is 2.38. The SMILES string of the molecule is CCN1C(=O)/C(=C\c2ccc(Br)c(N)c2N=S)SC1=S. The number of likely N-dealkylation sites (N-methyl/N-ethyl adjacent to an activating group) is 1. The van der Waals surface area contributed by atoms with Gasteiger partial charge in [0.05, 0.1) is 10.6 Å². The zero-order chi connectivity index (χ0) is 14.9. The number of nitrogen functional groups attached to an aromatic ring is 1. The fraction of sp³-hybridized carbons (Fsp3) is 0.167. The lowest BCUT2D eigenvalue weighted by Crippen LogP contribution is -2.27. The van der Waals surface area contributed by atoms with Gasteiger partial charge in [0.15, 0.2) is 0 Å². The molecule has 0 saturated carbocycles. The first kappa shape index (κ1) is 15.6. The highest BCUT2D eigenvalue weighted by atomic mass is 79.9. The van der Waals surface area contributed by atoms with E-state index in [0.29, 0.717) is 32.7 Å². The smallest absolute Gasteiger partial charge is 0.266 e. The summed E-state index contributed by atoms with van der Waals surface area (Å²) in [7, 11) is 0. The predicted octanol–water partition coefficient (Wildman–Crippen LogP) is 3.61. The van der Waals surface area contributed by atoms with E-state index in [4.69, 9.17) is 30.4 Å². The Morgan fingerprint density at radius 1 is 1.55 bits per heavy atom. The Hall–Kier alpha value is -0.830. The molecular formula is C12H10BrN3OS3. The molecule has 0 unspecified atom stereocenters. The van der Waals surface area contributed by atoms with Gasteiger partial charge in [0.1, 0.15) is 10.0 Å². The van der Waals surface area contributed by atoms with Crippen LogP contribution in [0, 0.1) is 0 Å². The van der Waals surface area contributed by atoms with Gasteiger partial charge in [-0.2, -0.15) is 4.36 Å². The molecule has 1 aromatic rings. The van der Waals surface area contributed by atoms with Gasteiger partial charge in [0.2, 0.25) is 0 Å². The molecule has 8 heteroatoms. The van der Waals surface area contributed by atoms with Crippen molar-refractivity contribution in [2.75, 3.05) is 12.3 Å². The first-order chi connectivity index (χ1) is 9.49. The molecule has 0 aliphatic carbocycles. The average Bonchev–Trinajstić information content (AvgIpc) is 2.69. The molecule has 1 aromatic carbocycles. The predicted molar refractivity (Wildman–Crippen MR) is 93.6 cm³/mol. The van der Waals surface area contributed by atoms with Crippen molar-refractivity contribution in [3.8, 4) is 0 Å². The Balaban J connectivity index is 2.47. The van der Waals surface area contributed by atoms with E-state index in [1.54, 1.807) is 17.0 Å². The largest absolute Gasteiger partial charge is 0.396 e. The van der Waals surface area contributed by atoms with Gasteiger partial charge < -0.3 is 5.73 Å². The third-order valence-corrected chi connectivity index (χ3v) is 5.01. The van der Waals surface area contributed by atoms with Crippen molar-refractivity contribution in [3.05, 3.63) is 27.1 Å². The maximum atomic E-state index is 12.2. The Bertz CT molecular complexity index is 645. The summed E-state index contributed by atoms with van der Waals surface area (Å²) >= 11 is 14.5. The van der Waals surface area contributed by atoms with Gasteiger partial charge in [0, 0.05) is 29.0 Å². The van der Waals surface area contributed by atoms with Crippen molar-refractivity contribution >= 4 is 80.0 Å². The van der Waals surface area contributed by atoms with E-state index in [-0.39, 0.29) is 5.91 Å². The molecule has 2 N–H and O–H groups in total. The van der Waals surface area contributed by atoms with E-state index < -0.39 is 0 Å².